The topological polar surface area (TPSA) is 32.6 Å². The van der Waals surface area contributed by atoms with Crippen LogP contribution in [0.3, 0.4) is 0 Å². The van der Waals surface area contributed by atoms with Crippen LogP contribution in [0.1, 0.15) is 24.8 Å². The molecule has 0 radical (unpaired) electrons. The summed E-state index contributed by atoms with van der Waals surface area (Å²) >= 11 is 0. The molecule has 1 aliphatic rings. The first-order chi connectivity index (χ1) is 7.40. The predicted molar refractivity (Wildman–Crippen MR) is 62.3 cm³/mol. The number of benzene rings is 1. The molecule has 80 valence electrons. The molecule has 1 saturated carbocycles. The quantitative estimate of drug-likeness (QED) is 0.751. The average Bonchev–Trinajstić information content (AvgIpc) is 2.75. The second kappa shape index (κ2) is 5.08. The molecule has 0 saturated heterocycles. The van der Waals surface area contributed by atoms with E-state index in [1.54, 1.807) is 0 Å². The summed E-state index contributed by atoms with van der Waals surface area (Å²) in [6.07, 6.45) is 5.36. The van der Waals surface area contributed by atoms with Gasteiger partial charge in [-0.25, -0.2) is 0 Å². The molecule has 0 spiro atoms. The molecule has 0 bridgehead atoms. The Morgan fingerprint density at radius 2 is 2.07 bits per heavy atom. The molecule has 1 aromatic rings. The van der Waals surface area contributed by atoms with Crippen molar-refractivity contribution in [2.75, 3.05) is 6.61 Å². The Labute approximate surface area is 90.7 Å². The van der Waals surface area contributed by atoms with Gasteiger partial charge in [0.05, 0.1) is 6.04 Å². The normalized spacial score (nSPS) is 26.2. The summed E-state index contributed by atoms with van der Waals surface area (Å²) in [5, 5.41) is 9.16. The lowest BCUT2D eigenvalue weighted by Crippen LogP contribution is -2.15. The van der Waals surface area contributed by atoms with Crippen molar-refractivity contribution in [1.82, 2.24) is 0 Å². The van der Waals surface area contributed by atoms with E-state index < -0.39 is 0 Å². The molecule has 0 aliphatic heterocycles. The minimum absolute atomic E-state index is 0.275. The minimum atomic E-state index is 0.275. The van der Waals surface area contributed by atoms with Crippen molar-refractivity contribution in [3.8, 4) is 0 Å². The highest BCUT2D eigenvalue weighted by molar-refractivity contribution is 5.79. The summed E-state index contributed by atoms with van der Waals surface area (Å²) in [6, 6.07) is 10.5. The zero-order valence-electron chi connectivity index (χ0n) is 8.84. The van der Waals surface area contributed by atoms with Crippen LogP contribution in [-0.4, -0.2) is 24.0 Å². The highest BCUT2D eigenvalue weighted by Gasteiger charge is 2.25. The number of aliphatic hydroxyl groups excluding tert-OH is 1. The molecule has 0 unspecified atom stereocenters. The van der Waals surface area contributed by atoms with Crippen molar-refractivity contribution < 1.29 is 5.11 Å². The third-order valence-electron chi connectivity index (χ3n) is 3.07. The summed E-state index contributed by atoms with van der Waals surface area (Å²) in [7, 11) is 0. The molecule has 2 atom stereocenters. The molecule has 1 aromatic carbocycles. The van der Waals surface area contributed by atoms with E-state index in [-0.39, 0.29) is 6.61 Å². The first kappa shape index (κ1) is 10.4. The monoisotopic (exact) mass is 203 g/mol. The molecule has 2 rings (SSSR count). The number of rotatable bonds is 3. The Bertz CT molecular complexity index is 321. The SMILES string of the molecule is OC[C@@H]1CCC[C@@H]1N=Cc1ccccc1. The molecule has 0 aromatic heterocycles. The average molecular weight is 203 g/mol. The summed E-state index contributed by atoms with van der Waals surface area (Å²) in [6.45, 7) is 0.275. The van der Waals surface area contributed by atoms with Gasteiger partial charge >= 0.3 is 0 Å². The first-order valence-electron chi connectivity index (χ1n) is 5.59. The van der Waals surface area contributed by atoms with Crippen LogP contribution in [0.25, 0.3) is 0 Å². The van der Waals surface area contributed by atoms with Crippen molar-refractivity contribution in [1.29, 1.82) is 0 Å². The first-order valence-corrected chi connectivity index (χ1v) is 5.59. The molecule has 0 heterocycles. The second-order valence-electron chi connectivity index (χ2n) is 4.13. The Morgan fingerprint density at radius 3 is 2.80 bits per heavy atom. The zero-order valence-corrected chi connectivity index (χ0v) is 8.84. The zero-order chi connectivity index (χ0) is 10.5. The number of nitrogens with zero attached hydrogens (tertiary/aromatic N) is 1. The van der Waals surface area contributed by atoms with Crippen LogP contribution >= 0.6 is 0 Å². The van der Waals surface area contributed by atoms with Crippen LogP contribution in [0, 0.1) is 5.92 Å². The largest absolute Gasteiger partial charge is 0.396 e. The Hall–Kier alpha value is -1.15. The predicted octanol–water partition coefficient (Wildman–Crippen LogP) is 2.27. The van der Waals surface area contributed by atoms with Gasteiger partial charge in [-0.2, -0.15) is 0 Å². The van der Waals surface area contributed by atoms with Gasteiger partial charge < -0.3 is 5.11 Å². The fraction of sp³-hybridized carbons (Fsp3) is 0.462. The van der Waals surface area contributed by atoms with Gasteiger partial charge in [0.15, 0.2) is 0 Å². The van der Waals surface area contributed by atoms with E-state index in [1.807, 2.05) is 36.5 Å². The molecular formula is C13H17NO. The summed E-state index contributed by atoms with van der Waals surface area (Å²) in [4.78, 5) is 4.56. The highest BCUT2D eigenvalue weighted by Crippen LogP contribution is 2.27. The molecular weight excluding hydrogens is 186 g/mol. The third kappa shape index (κ3) is 2.66. The van der Waals surface area contributed by atoms with Gasteiger partial charge in [0.1, 0.15) is 0 Å². The fourth-order valence-corrected chi connectivity index (χ4v) is 2.15. The van der Waals surface area contributed by atoms with Gasteiger partial charge in [0, 0.05) is 18.7 Å². The molecule has 1 aliphatic carbocycles. The van der Waals surface area contributed by atoms with Gasteiger partial charge in [0.25, 0.3) is 0 Å². The van der Waals surface area contributed by atoms with Gasteiger partial charge in [-0.15, -0.1) is 0 Å². The Kier molecular flexibility index (Phi) is 3.51. The summed E-state index contributed by atoms with van der Waals surface area (Å²) in [5.74, 6) is 0.380. The van der Waals surface area contributed by atoms with Crippen molar-refractivity contribution in [3.05, 3.63) is 35.9 Å². The molecule has 15 heavy (non-hydrogen) atoms. The van der Waals surface area contributed by atoms with Crippen LogP contribution < -0.4 is 0 Å². The molecule has 2 nitrogen and oxygen atoms in total. The lowest BCUT2D eigenvalue weighted by molar-refractivity contribution is 0.219. The van der Waals surface area contributed by atoms with Crippen LogP contribution in [0.2, 0.25) is 0 Å². The Balaban J connectivity index is 1.99. The summed E-state index contributed by atoms with van der Waals surface area (Å²) in [5.41, 5.74) is 1.14. The van der Waals surface area contributed by atoms with E-state index in [0.29, 0.717) is 12.0 Å². The van der Waals surface area contributed by atoms with Gasteiger partial charge in [-0.05, 0) is 18.4 Å². The van der Waals surface area contributed by atoms with Gasteiger partial charge in [0.2, 0.25) is 0 Å². The van der Waals surface area contributed by atoms with E-state index in [2.05, 4.69) is 4.99 Å². The molecule has 0 amide bonds. The molecule has 1 N–H and O–H groups in total. The lowest BCUT2D eigenvalue weighted by atomic mass is 10.1. The number of hydrogen-bond acceptors (Lipinski definition) is 2. The van der Waals surface area contributed by atoms with Crippen molar-refractivity contribution in [2.24, 2.45) is 10.9 Å². The van der Waals surface area contributed by atoms with Gasteiger partial charge in [-0.1, -0.05) is 36.8 Å². The van der Waals surface area contributed by atoms with Crippen molar-refractivity contribution in [3.63, 3.8) is 0 Å². The van der Waals surface area contributed by atoms with Gasteiger partial charge in [-0.3, -0.25) is 4.99 Å². The highest BCUT2D eigenvalue weighted by atomic mass is 16.3. The van der Waals surface area contributed by atoms with E-state index in [9.17, 15) is 0 Å². The maximum atomic E-state index is 9.16. The van der Waals surface area contributed by atoms with E-state index in [0.717, 1.165) is 18.4 Å². The smallest absolute Gasteiger partial charge is 0.0549 e. The number of aliphatic hydroxyl groups is 1. The molecule has 1 fully saturated rings. The minimum Gasteiger partial charge on any atom is -0.396 e. The van der Waals surface area contributed by atoms with Crippen LogP contribution in [0.4, 0.5) is 0 Å². The van der Waals surface area contributed by atoms with E-state index >= 15 is 0 Å². The molecule has 2 heteroatoms. The second-order valence-corrected chi connectivity index (χ2v) is 4.13. The van der Waals surface area contributed by atoms with E-state index in [1.165, 1.54) is 6.42 Å². The number of aliphatic imine (C=N–C) groups is 1. The fourth-order valence-electron chi connectivity index (χ4n) is 2.15. The summed E-state index contributed by atoms with van der Waals surface area (Å²) < 4.78 is 0. The number of hydrogen-bond donors (Lipinski definition) is 1. The standard InChI is InChI=1S/C13H17NO/c15-10-12-7-4-8-13(12)14-9-11-5-2-1-3-6-11/h1-3,5-6,9,12-13,15H,4,7-8,10H2/t12-,13-/m0/s1. The maximum absolute atomic E-state index is 9.16. The van der Waals surface area contributed by atoms with Crippen molar-refractivity contribution in [2.45, 2.75) is 25.3 Å². The van der Waals surface area contributed by atoms with Crippen molar-refractivity contribution >= 4 is 6.21 Å². The van der Waals surface area contributed by atoms with Crippen LogP contribution in [0.15, 0.2) is 35.3 Å². The van der Waals surface area contributed by atoms with E-state index in [4.69, 9.17) is 5.11 Å². The van der Waals surface area contributed by atoms with Crippen LogP contribution in [0.5, 0.6) is 0 Å². The third-order valence-corrected chi connectivity index (χ3v) is 3.07. The lowest BCUT2D eigenvalue weighted by Gasteiger charge is -2.11. The maximum Gasteiger partial charge on any atom is 0.0549 e. The Morgan fingerprint density at radius 1 is 1.27 bits per heavy atom. The van der Waals surface area contributed by atoms with Crippen LogP contribution in [-0.2, 0) is 0 Å².